The van der Waals surface area contributed by atoms with Gasteiger partial charge in [-0.15, -0.1) is 0 Å². The summed E-state index contributed by atoms with van der Waals surface area (Å²) in [4.78, 5) is 36.1. The van der Waals surface area contributed by atoms with Crippen LogP contribution in [0.5, 0.6) is 0 Å². The number of amides is 2. The summed E-state index contributed by atoms with van der Waals surface area (Å²) in [6, 6.07) is 9.16. The average molecular weight is 400 g/mol. The minimum absolute atomic E-state index is 0.0406. The molecule has 0 saturated heterocycles. The van der Waals surface area contributed by atoms with E-state index in [0.29, 0.717) is 5.56 Å². The maximum atomic E-state index is 13.4. The summed E-state index contributed by atoms with van der Waals surface area (Å²) in [7, 11) is 0. The molecule has 0 unspecified atom stereocenters. The molecule has 7 heteroatoms. The van der Waals surface area contributed by atoms with Crippen molar-refractivity contribution in [2.45, 2.75) is 45.7 Å². The number of benzene rings is 2. The summed E-state index contributed by atoms with van der Waals surface area (Å²) in [5.74, 6) is -2.71. The fraction of sp³-hybridized carbons (Fsp3) is 0.318. The number of nitrogens with one attached hydrogen (secondary N) is 2. The summed E-state index contributed by atoms with van der Waals surface area (Å²) in [6.07, 6.45) is 0.158. The lowest BCUT2D eigenvalue weighted by Crippen LogP contribution is -2.52. The van der Waals surface area contributed by atoms with E-state index in [1.54, 1.807) is 6.07 Å². The lowest BCUT2D eigenvalue weighted by molar-refractivity contribution is -0.142. The number of carboxylic acid groups (broad SMARTS) is 1. The van der Waals surface area contributed by atoms with Crippen LogP contribution >= 0.6 is 0 Å². The zero-order chi connectivity index (χ0) is 21.6. The van der Waals surface area contributed by atoms with Gasteiger partial charge in [-0.2, -0.15) is 0 Å². The molecule has 2 aromatic carbocycles. The van der Waals surface area contributed by atoms with Crippen molar-refractivity contribution in [3.8, 4) is 0 Å². The Labute approximate surface area is 169 Å². The fourth-order valence-corrected chi connectivity index (χ4v) is 3.20. The SMILES string of the molecule is CC(=O)N[C@H](Cc1cccc(F)c1)C(=O)N[C@@H](Cc1c(C)cccc1C)C(=O)O. The van der Waals surface area contributed by atoms with Gasteiger partial charge in [-0.1, -0.05) is 30.3 Å². The molecule has 2 amide bonds. The molecule has 0 aliphatic rings. The van der Waals surface area contributed by atoms with Crippen LogP contribution in [-0.4, -0.2) is 35.0 Å². The molecule has 0 aliphatic carbocycles. The summed E-state index contributed by atoms with van der Waals surface area (Å²) in [5.41, 5.74) is 3.23. The van der Waals surface area contributed by atoms with E-state index in [2.05, 4.69) is 10.6 Å². The summed E-state index contributed by atoms with van der Waals surface area (Å²) < 4.78 is 13.4. The van der Waals surface area contributed by atoms with Crippen molar-refractivity contribution in [1.82, 2.24) is 10.6 Å². The van der Waals surface area contributed by atoms with E-state index in [0.717, 1.165) is 16.7 Å². The van der Waals surface area contributed by atoms with Crippen molar-refractivity contribution in [2.24, 2.45) is 0 Å². The highest BCUT2D eigenvalue weighted by atomic mass is 19.1. The van der Waals surface area contributed by atoms with Gasteiger partial charge < -0.3 is 15.7 Å². The number of halogens is 1. The number of carboxylic acids is 1. The molecule has 2 aromatic rings. The molecular formula is C22H25FN2O4. The molecule has 2 atom stereocenters. The molecule has 0 saturated carbocycles. The molecule has 0 bridgehead atoms. The van der Waals surface area contributed by atoms with E-state index in [9.17, 15) is 23.9 Å². The Bertz CT molecular complexity index is 893. The van der Waals surface area contributed by atoms with Gasteiger partial charge in [0.05, 0.1) is 0 Å². The first kappa shape index (κ1) is 22.1. The molecule has 29 heavy (non-hydrogen) atoms. The molecule has 6 nitrogen and oxygen atoms in total. The first-order valence-corrected chi connectivity index (χ1v) is 9.27. The predicted molar refractivity (Wildman–Crippen MR) is 107 cm³/mol. The van der Waals surface area contributed by atoms with Crippen LogP contribution in [0.2, 0.25) is 0 Å². The van der Waals surface area contributed by atoms with Gasteiger partial charge >= 0.3 is 5.97 Å². The van der Waals surface area contributed by atoms with E-state index >= 15 is 0 Å². The highest BCUT2D eigenvalue weighted by Gasteiger charge is 2.27. The average Bonchev–Trinajstić information content (AvgIpc) is 2.62. The first-order valence-electron chi connectivity index (χ1n) is 9.27. The molecule has 3 N–H and O–H groups in total. The summed E-state index contributed by atoms with van der Waals surface area (Å²) in [6.45, 7) is 5.03. The number of carbonyl (C=O) groups excluding carboxylic acids is 2. The van der Waals surface area contributed by atoms with E-state index < -0.39 is 35.7 Å². The van der Waals surface area contributed by atoms with Crippen LogP contribution in [0.25, 0.3) is 0 Å². The summed E-state index contributed by atoms with van der Waals surface area (Å²) >= 11 is 0. The quantitative estimate of drug-likeness (QED) is 0.634. The van der Waals surface area contributed by atoms with E-state index in [4.69, 9.17) is 0 Å². The van der Waals surface area contributed by atoms with Gasteiger partial charge in [-0.3, -0.25) is 9.59 Å². The molecule has 0 aliphatic heterocycles. The number of carbonyl (C=O) groups is 3. The monoisotopic (exact) mass is 400 g/mol. The van der Waals surface area contributed by atoms with Crippen molar-refractivity contribution in [1.29, 1.82) is 0 Å². The maximum Gasteiger partial charge on any atom is 0.326 e. The Morgan fingerprint density at radius 3 is 2.14 bits per heavy atom. The second-order valence-electron chi connectivity index (χ2n) is 7.06. The molecule has 0 aromatic heterocycles. The molecule has 0 spiro atoms. The Balaban J connectivity index is 2.19. The largest absolute Gasteiger partial charge is 0.480 e. The number of aliphatic carboxylic acids is 1. The van der Waals surface area contributed by atoms with Crippen molar-refractivity contribution in [3.05, 3.63) is 70.5 Å². The third-order valence-electron chi connectivity index (χ3n) is 4.69. The van der Waals surface area contributed by atoms with Gasteiger partial charge in [-0.05, 0) is 48.2 Å². The zero-order valence-electron chi connectivity index (χ0n) is 16.7. The van der Waals surface area contributed by atoms with Crippen molar-refractivity contribution in [3.63, 3.8) is 0 Å². The van der Waals surface area contributed by atoms with Crippen LogP contribution in [0.3, 0.4) is 0 Å². The van der Waals surface area contributed by atoms with Crippen LogP contribution in [0, 0.1) is 19.7 Å². The van der Waals surface area contributed by atoms with Crippen LogP contribution in [0.1, 0.15) is 29.2 Å². The number of hydrogen-bond donors (Lipinski definition) is 3. The predicted octanol–water partition coefficient (Wildman–Crippen LogP) is 2.30. The number of aryl methyl sites for hydroxylation is 2. The number of rotatable bonds is 8. The van der Waals surface area contributed by atoms with Crippen molar-refractivity contribution < 1.29 is 23.9 Å². The van der Waals surface area contributed by atoms with Crippen LogP contribution in [-0.2, 0) is 27.2 Å². The Morgan fingerprint density at radius 2 is 1.59 bits per heavy atom. The van der Waals surface area contributed by atoms with E-state index in [1.807, 2.05) is 32.0 Å². The third kappa shape index (κ3) is 6.41. The van der Waals surface area contributed by atoms with Crippen molar-refractivity contribution >= 4 is 17.8 Å². The number of hydrogen-bond acceptors (Lipinski definition) is 3. The maximum absolute atomic E-state index is 13.4. The van der Waals surface area contributed by atoms with Crippen LogP contribution in [0.4, 0.5) is 4.39 Å². The first-order chi connectivity index (χ1) is 13.7. The Hall–Kier alpha value is -3.22. The van der Waals surface area contributed by atoms with Crippen LogP contribution in [0.15, 0.2) is 42.5 Å². The highest BCUT2D eigenvalue weighted by Crippen LogP contribution is 2.16. The minimum Gasteiger partial charge on any atom is -0.480 e. The smallest absolute Gasteiger partial charge is 0.326 e. The van der Waals surface area contributed by atoms with Gasteiger partial charge in [0, 0.05) is 19.8 Å². The third-order valence-corrected chi connectivity index (χ3v) is 4.69. The summed E-state index contributed by atoms with van der Waals surface area (Å²) in [5, 5.41) is 14.6. The second kappa shape index (κ2) is 9.82. The van der Waals surface area contributed by atoms with Gasteiger partial charge in [0.1, 0.15) is 17.9 Å². The minimum atomic E-state index is -1.17. The van der Waals surface area contributed by atoms with Gasteiger partial charge in [-0.25, -0.2) is 9.18 Å². The van der Waals surface area contributed by atoms with Crippen LogP contribution < -0.4 is 10.6 Å². The molecule has 2 rings (SSSR count). The van der Waals surface area contributed by atoms with Crippen molar-refractivity contribution in [2.75, 3.05) is 0 Å². The lowest BCUT2D eigenvalue weighted by atomic mass is 9.96. The molecular weight excluding hydrogens is 375 g/mol. The van der Waals surface area contributed by atoms with Gasteiger partial charge in [0.25, 0.3) is 0 Å². The lowest BCUT2D eigenvalue weighted by Gasteiger charge is -2.22. The van der Waals surface area contributed by atoms with E-state index in [-0.39, 0.29) is 12.8 Å². The van der Waals surface area contributed by atoms with Gasteiger partial charge in [0.15, 0.2) is 0 Å². The highest BCUT2D eigenvalue weighted by molar-refractivity contribution is 5.90. The second-order valence-corrected chi connectivity index (χ2v) is 7.06. The van der Waals surface area contributed by atoms with Gasteiger partial charge in [0.2, 0.25) is 11.8 Å². The van der Waals surface area contributed by atoms with E-state index in [1.165, 1.54) is 25.1 Å². The molecule has 0 heterocycles. The zero-order valence-corrected chi connectivity index (χ0v) is 16.7. The molecule has 0 fully saturated rings. The Kier molecular flexibility index (Phi) is 7.47. The molecule has 154 valence electrons. The standard InChI is InChI=1S/C22H25FN2O4/c1-13-6-4-7-14(2)18(13)12-20(22(28)29)25-21(27)19(24-15(3)26)11-16-8-5-9-17(23)10-16/h4-10,19-20H,11-12H2,1-3H3,(H,24,26)(H,25,27)(H,28,29)/t19-,20+/m1/s1. The normalized spacial score (nSPS) is 12.7. The Morgan fingerprint density at radius 1 is 0.966 bits per heavy atom. The molecule has 0 radical (unpaired) electrons. The topological polar surface area (TPSA) is 95.5 Å². The fourth-order valence-electron chi connectivity index (χ4n) is 3.20.